The monoisotopic (exact) mass is 381 g/mol. The van der Waals surface area contributed by atoms with E-state index in [-0.39, 0.29) is 24.0 Å². The van der Waals surface area contributed by atoms with Crippen molar-refractivity contribution in [2.45, 2.75) is 65.1 Å². The first kappa shape index (κ1) is 20.4. The summed E-state index contributed by atoms with van der Waals surface area (Å²) >= 11 is 0. The molecule has 1 saturated carbocycles. The summed E-state index contributed by atoms with van der Waals surface area (Å²) in [6.07, 6.45) is 3.17. The number of carbonyl (C=O) groups excluding carboxylic acids is 1. The van der Waals surface area contributed by atoms with Crippen molar-refractivity contribution in [3.05, 3.63) is 35.5 Å². The molecule has 6 heteroatoms. The van der Waals surface area contributed by atoms with Crippen molar-refractivity contribution in [2.24, 2.45) is 5.92 Å². The first-order valence-electron chi connectivity index (χ1n) is 10.2. The number of aromatic amines is 1. The number of nitrogens with zero attached hydrogens (tertiary/aromatic N) is 2. The van der Waals surface area contributed by atoms with Gasteiger partial charge < -0.3 is 10.3 Å². The van der Waals surface area contributed by atoms with E-state index < -0.39 is 0 Å². The molecule has 4 unspecified atom stereocenters. The smallest absolute Gasteiger partial charge is 0.253 e. The number of aromatic nitrogens is 1. The molecule has 4 atom stereocenters. The average molecular weight is 382 g/mol. The molecule has 0 radical (unpaired) electrons. The summed E-state index contributed by atoms with van der Waals surface area (Å²) in [4.78, 5) is 16.1. The van der Waals surface area contributed by atoms with Crippen LogP contribution in [0.3, 0.4) is 0 Å². The van der Waals surface area contributed by atoms with Crippen molar-refractivity contribution >= 4 is 16.8 Å². The van der Waals surface area contributed by atoms with Crippen LogP contribution in [0.1, 0.15) is 58.1 Å². The number of benzene rings is 1. The average Bonchev–Trinajstić information content (AvgIpc) is 3.36. The number of nitriles is 1. The third-order valence-electron chi connectivity index (χ3n) is 5.69. The van der Waals surface area contributed by atoms with E-state index in [9.17, 15) is 10.1 Å². The van der Waals surface area contributed by atoms with Gasteiger partial charge in [0, 0.05) is 35.7 Å². The van der Waals surface area contributed by atoms with Gasteiger partial charge in [0.15, 0.2) is 0 Å². The summed E-state index contributed by atoms with van der Waals surface area (Å²) in [5.41, 5.74) is 6.19. The molecule has 1 amide bonds. The highest BCUT2D eigenvalue weighted by molar-refractivity contribution is 5.85. The van der Waals surface area contributed by atoms with Gasteiger partial charge in [-0.2, -0.15) is 5.26 Å². The topological polar surface area (TPSA) is 84.0 Å². The number of hydrogen-bond acceptors (Lipinski definition) is 4. The predicted octanol–water partition coefficient (Wildman–Crippen LogP) is 3.27. The Kier molecular flexibility index (Phi) is 6.07. The van der Waals surface area contributed by atoms with E-state index in [2.05, 4.69) is 34.9 Å². The lowest BCUT2D eigenvalue weighted by Gasteiger charge is -2.31. The molecule has 0 bridgehead atoms. The Bertz CT molecular complexity index is 881. The fourth-order valence-corrected chi connectivity index (χ4v) is 4.13. The lowest BCUT2D eigenvalue weighted by atomic mass is 10.0. The van der Waals surface area contributed by atoms with Gasteiger partial charge in [0.1, 0.15) is 0 Å². The Morgan fingerprint density at radius 1 is 1.36 bits per heavy atom. The van der Waals surface area contributed by atoms with E-state index in [4.69, 9.17) is 0 Å². The Labute approximate surface area is 167 Å². The fourth-order valence-electron chi connectivity index (χ4n) is 4.13. The minimum absolute atomic E-state index is 0.0756. The van der Waals surface area contributed by atoms with Crippen LogP contribution in [0.15, 0.2) is 24.4 Å². The molecule has 6 nitrogen and oxygen atoms in total. The first-order valence-corrected chi connectivity index (χ1v) is 10.2. The van der Waals surface area contributed by atoms with Gasteiger partial charge in [0.2, 0.25) is 0 Å². The molecule has 3 N–H and O–H groups in total. The number of rotatable bonds is 8. The molecule has 0 aliphatic heterocycles. The van der Waals surface area contributed by atoms with Crippen LogP contribution in [0.5, 0.6) is 0 Å². The van der Waals surface area contributed by atoms with Crippen LogP contribution in [0, 0.1) is 17.2 Å². The number of hydrazine groups is 1. The van der Waals surface area contributed by atoms with Crippen molar-refractivity contribution in [3.8, 4) is 6.07 Å². The van der Waals surface area contributed by atoms with Crippen molar-refractivity contribution in [2.75, 3.05) is 6.54 Å². The summed E-state index contributed by atoms with van der Waals surface area (Å²) in [5.74, 6) is 1.03. The summed E-state index contributed by atoms with van der Waals surface area (Å²) in [5, 5.41) is 15.5. The molecule has 0 spiro atoms. The van der Waals surface area contributed by atoms with Gasteiger partial charge in [-0.05, 0) is 69.7 Å². The Morgan fingerprint density at radius 2 is 2.11 bits per heavy atom. The van der Waals surface area contributed by atoms with E-state index in [1.165, 1.54) is 5.56 Å². The highest BCUT2D eigenvalue weighted by atomic mass is 16.2. The van der Waals surface area contributed by atoms with Gasteiger partial charge in [-0.25, -0.2) is 5.43 Å². The lowest BCUT2D eigenvalue weighted by molar-refractivity contribution is -0.138. The normalized spacial score (nSPS) is 20.8. The molecule has 2 aromatic rings. The molecule has 1 aromatic heterocycles. The van der Waals surface area contributed by atoms with Gasteiger partial charge in [0.05, 0.1) is 17.7 Å². The first-order chi connectivity index (χ1) is 13.4. The summed E-state index contributed by atoms with van der Waals surface area (Å²) in [6.45, 7) is 10.9. The number of amides is 1. The van der Waals surface area contributed by atoms with Crippen LogP contribution in [0.4, 0.5) is 0 Å². The maximum Gasteiger partial charge on any atom is 0.253 e. The quantitative estimate of drug-likeness (QED) is 0.613. The van der Waals surface area contributed by atoms with Crippen LogP contribution in [-0.4, -0.2) is 40.6 Å². The second-order valence-electron chi connectivity index (χ2n) is 8.11. The molecule has 1 aliphatic carbocycles. The zero-order valence-corrected chi connectivity index (χ0v) is 17.4. The number of H-pyrrole nitrogens is 1. The van der Waals surface area contributed by atoms with Gasteiger partial charge in [-0.3, -0.25) is 9.80 Å². The maximum atomic E-state index is 12.8. The van der Waals surface area contributed by atoms with E-state index in [1.807, 2.05) is 45.9 Å². The summed E-state index contributed by atoms with van der Waals surface area (Å²) in [7, 11) is 0. The van der Waals surface area contributed by atoms with Crippen LogP contribution in [0.2, 0.25) is 0 Å². The van der Waals surface area contributed by atoms with Gasteiger partial charge in [-0.1, -0.05) is 6.92 Å². The molecule has 0 saturated heterocycles. The second kappa shape index (κ2) is 8.34. The predicted molar refractivity (Wildman–Crippen MR) is 112 cm³/mol. The number of nitrogens with one attached hydrogen (secondary N) is 3. The van der Waals surface area contributed by atoms with Crippen molar-refractivity contribution in [1.29, 1.82) is 5.26 Å². The van der Waals surface area contributed by atoms with E-state index in [1.54, 1.807) is 5.01 Å². The molecule has 1 aromatic carbocycles. The van der Waals surface area contributed by atoms with Gasteiger partial charge in [0.25, 0.3) is 5.91 Å². The zero-order chi connectivity index (χ0) is 20.4. The molecular formula is C22H31N5O. The summed E-state index contributed by atoms with van der Waals surface area (Å²) < 4.78 is 0. The van der Waals surface area contributed by atoms with Crippen LogP contribution in [0.25, 0.3) is 10.9 Å². The van der Waals surface area contributed by atoms with Crippen LogP contribution < -0.4 is 10.7 Å². The largest absolute Gasteiger partial charge is 0.361 e. The Hall–Kier alpha value is -2.36. The molecule has 3 rings (SSSR count). The molecule has 1 heterocycles. The standard InChI is InChI=1S/C22H31N5O/c1-6-25-27(13(2)3)22(28)15(5)26-14(4)17-10-18(17)20-12-24-21-8-7-16(11-23)9-19(20)21/h7-9,12-15,17-18,24-26H,6,10H2,1-5H3. The molecule has 1 fully saturated rings. The summed E-state index contributed by atoms with van der Waals surface area (Å²) in [6, 6.07) is 8.11. The van der Waals surface area contributed by atoms with Crippen LogP contribution >= 0.6 is 0 Å². The Morgan fingerprint density at radius 3 is 2.75 bits per heavy atom. The van der Waals surface area contributed by atoms with Gasteiger partial charge in [-0.15, -0.1) is 0 Å². The van der Waals surface area contributed by atoms with Crippen molar-refractivity contribution < 1.29 is 4.79 Å². The molecular weight excluding hydrogens is 350 g/mol. The van der Waals surface area contributed by atoms with E-state index in [0.717, 1.165) is 23.9 Å². The van der Waals surface area contributed by atoms with Crippen molar-refractivity contribution in [1.82, 2.24) is 20.7 Å². The highest BCUT2D eigenvalue weighted by Crippen LogP contribution is 2.51. The third kappa shape index (κ3) is 4.06. The fraction of sp³-hybridized carbons (Fsp3) is 0.545. The zero-order valence-electron chi connectivity index (χ0n) is 17.4. The van der Waals surface area contributed by atoms with Crippen LogP contribution in [-0.2, 0) is 4.79 Å². The van der Waals surface area contributed by atoms with E-state index in [0.29, 0.717) is 17.4 Å². The SMILES string of the molecule is CCNN(C(=O)C(C)NC(C)C1CC1c1c[nH]c2ccc(C#N)cc12)C(C)C. The molecule has 150 valence electrons. The minimum Gasteiger partial charge on any atom is -0.361 e. The molecule has 1 aliphatic rings. The number of carbonyl (C=O) groups is 1. The second-order valence-corrected chi connectivity index (χ2v) is 8.11. The highest BCUT2D eigenvalue weighted by Gasteiger charge is 2.44. The number of fused-ring (bicyclic) bond motifs is 1. The van der Waals surface area contributed by atoms with Gasteiger partial charge >= 0.3 is 0 Å². The van der Waals surface area contributed by atoms with E-state index >= 15 is 0 Å². The number of hydrogen-bond donors (Lipinski definition) is 3. The Balaban J connectivity index is 1.65. The third-order valence-corrected chi connectivity index (χ3v) is 5.69. The maximum absolute atomic E-state index is 12.8. The van der Waals surface area contributed by atoms with Crippen molar-refractivity contribution in [3.63, 3.8) is 0 Å². The minimum atomic E-state index is -0.245. The molecule has 28 heavy (non-hydrogen) atoms. The lowest BCUT2D eigenvalue weighted by Crippen LogP contribution is -2.55.